The van der Waals surface area contributed by atoms with E-state index in [-0.39, 0.29) is 29.7 Å². The maximum Gasteiger partial charge on any atom is 0.258 e. The molecule has 0 spiro atoms. The summed E-state index contributed by atoms with van der Waals surface area (Å²) in [5.41, 5.74) is 3.89. The number of aryl methyl sites for hydroxylation is 1. The predicted octanol–water partition coefficient (Wildman–Crippen LogP) is 3.36. The third-order valence-corrected chi connectivity index (χ3v) is 4.25. The normalized spacial score (nSPS) is 11.1. The Morgan fingerprint density at radius 2 is 1.93 bits per heavy atom. The highest BCUT2D eigenvalue weighted by atomic mass is 16.5. The molecule has 0 aliphatic heterocycles. The summed E-state index contributed by atoms with van der Waals surface area (Å²) in [5.74, 6) is 0.0608. The zero-order valence-electron chi connectivity index (χ0n) is 15.7. The maximum atomic E-state index is 12.3. The molecule has 0 fully saturated rings. The zero-order valence-corrected chi connectivity index (χ0v) is 15.7. The van der Waals surface area contributed by atoms with Gasteiger partial charge in [0.25, 0.3) is 5.56 Å². The Hall–Kier alpha value is -2.99. The number of aromatic amines is 1. The van der Waals surface area contributed by atoms with Crippen molar-refractivity contribution in [1.29, 1.82) is 0 Å². The first-order valence-electron chi connectivity index (χ1n) is 8.87. The van der Waals surface area contributed by atoms with Gasteiger partial charge in [-0.2, -0.15) is 4.98 Å². The number of ether oxygens (including phenoxy) is 1. The number of hydrogen-bond donors (Lipinski definition) is 2. The summed E-state index contributed by atoms with van der Waals surface area (Å²) in [6, 6.07) is 11.8. The summed E-state index contributed by atoms with van der Waals surface area (Å²) >= 11 is 0. The van der Waals surface area contributed by atoms with Crippen molar-refractivity contribution in [3.05, 3.63) is 75.6 Å². The number of rotatable bonds is 6. The Kier molecular flexibility index (Phi) is 5.66. The largest absolute Gasteiger partial charge is 0.493 e. The van der Waals surface area contributed by atoms with Gasteiger partial charge in [-0.15, -0.1) is 0 Å². The van der Waals surface area contributed by atoms with E-state index in [9.17, 15) is 9.90 Å². The molecule has 140 valence electrons. The van der Waals surface area contributed by atoms with Crippen LogP contribution in [0, 0.1) is 6.92 Å². The van der Waals surface area contributed by atoms with E-state index < -0.39 is 0 Å². The van der Waals surface area contributed by atoms with Gasteiger partial charge in [-0.25, -0.2) is 0 Å². The molecule has 0 aliphatic rings. The number of pyridine rings is 1. The van der Waals surface area contributed by atoms with Crippen LogP contribution in [0.5, 0.6) is 5.88 Å². The minimum absolute atomic E-state index is 0.0130. The quantitative estimate of drug-likeness (QED) is 0.699. The average Bonchev–Trinajstić information content (AvgIpc) is 2.64. The second-order valence-electron chi connectivity index (χ2n) is 6.68. The van der Waals surface area contributed by atoms with Gasteiger partial charge in [0.2, 0.25) is 5.88 Å². The van der Waals surface area contributed by atoms with Gasteiger partial charge in [-0.1, -0.05) is 30.3 Å². The first-order chi connectivity index (χ1) is 12.9. The van der Waals surface area contributed by atoms with Crippen LogP contribution in [0.3, 0.4) is 0 Å². The lowest BCUT2D eigenvalue weighted by Crippen LogP contribution is -2.18. The maximum absolute atomic E-state index is 12.3. The van der Waals surface area contributed by atoms with Gasteiger partial charge >= 0.3 is 0 Å². The molecule has 2 heterocycles. The van der Waals surface area contributed by atoms with Gasteiger partial charge in [-0.05, 0) is 38.0 Å². The van der Waals surface area contributed by atoms with Crippen molar-refractivity contribution < 1.29 is 9.84 Å². The molecule has 0 atom stereocenters. The molecular weight excluding hydrogens is 342 g/mol. The van der Waals surface area contributed by atoms with Crippen LogP contribution in [0.4, 0.5) is 0 Å². The third-order valence-electron chi connectivity index (χ3n) is 4.25. The number of nitrogens with zero attached hydrogens (tertiary/aromatic N) is 2. The SMILES string of the molecule is Cc1ncccc1-c1ccc(Cc2c(O)nc(COC(C)C)[nH]c2=O)cc1. The van der Waals surface area contributed by atoms with Gasteiger partial charge in [0.05, 0.1) is 11.7 Å². The molecule has 0 aliphatic carbocycles. The van der Waals surface area contributed by atoms with E-state index in [2.05, 4.69) is 15.0 Å². The number of nitrogens with one attached hydrogen (secondary N) is 1. The van der Waals surface area contributed by atoms with Crippen LogP contribution in [-0.2, 0) is 17.8 Å². The van der Waals surface area contributed by atoms with Gasteiger partial charge in [0, 0.05) is 23.9 Å². The van der Waals surface area contributed by atoms with Gasteiger partial charge in [0.15, 0.2) is 0 Å². The van der Waals surface area contributed by atoms with Crippen LogP contribution < -0.4 is 5.56 Å². The molecule has 6 nitrogen and oxygen atoms in total. The van der Waals surface area contributed by atoms with E-state index in [1.165, 1.54) is 0 Å². The highest BCUT2D eigenvalue weighted by Gasteiger charge is 2.12. The van der Waals surface area contributed by atoms with Crippen LogP contribution in [0.25, 0.3) is 11.1 Å². The topological polar surface area (TPSA) is 88.1 Å². The van der Waals surface area contributed by atoms with E-state index in [0.717, 1.165) is 22.4 Å². The molecule has 6 heteroatoms. The van der Waals surface area contributed by atoms with E-state index in [0.29, 0.717) is 12.2 Å². The molecule has 0 amide bonds. The predicted molar refractivity (Wildman–Crippen MR) is 104 cm³/mol. The Balaban J connectivity index is 1.79. The highest BCUT2D eigenvalue weighted by molar-refractivity contribution is 5.65. The van der Waals surface area contributed by atoms with Crippen molar-refractivity contribution in [1.82, 2.24) is 15.0 Å². The smallest absolute Gasteiger partial charge is 0.258 e. The Labute approximate surface area is 157 Å². The summed E-state index contributed by atoms with van der Waals surface area (Å²) in [5, 5.41) is 10.2. The number of benzene rings is 1. The molecule has 0 saturated carbocycles. The minimum Gasteiger partial charge on any atom is -0.493 e. The van der Waals surface area contributed by atoms with Crippen LogP contribution >= 0.6 is 0 Å². The van der Waals surface area contributed by atoms with Crippen molar-refractivity contribution in [3.63, 3.8) is 0 Å². The summed E-state index contributed by atoms with van der Waals surface area (Å²) < 4.78 is 5.41. The number of hydrogen-bond acceptors (Lipinski definition) is 5. The van der Waals surface area contributed by atoms with Crippen LogP contribution in [0.1, 0.15) is 36.5 Å². The zero-order chi connectivity index (χ0) is 19.4. The average molecular weight is 365 g/mol. The molecule has 27 heavy (non-hydrogen) atoms. The van der Waals surface area contributed by atoms with Crippen LogP contribution in [0.2, 0.25) is 0 Å². The van der Waals surface area contributed by atoms with Crippen molar-refractivity contribution in [2.75, 3.05) is 0 Å². The summed E-state index contributed by atoms with van der Waals surface area (Å²) in [6.45, 7) is 5.91. The third kappa shape index (κ3) is 4.60. The molecule has 2 aromatic heterocycles. The molecule has 0 saturated heterocycles. The monoisotopic (exact) mass is 365 g/mol. The molecule has 2 N–H and O–H groups in total. The fourth-order valence-electron chi connectivity index (χ4n) is 2.80. The molecule has 0 radical (unpaired) electrons. The lowest BCUT2D eigenvalue weighted by atomic mass is 10.0. The lowest BCUT2D eigenvalue weighted by molar-refractivity contribution is 0.0607. The summed E-state index contributed by atoms with van der Waals surface area (Å²) in [7, 11) is 0. The summed E-state index contributed by atoms with van der Waals surface area (Å²) in [6.07, 6.45) is 2.08. The number of aromatic nitrogens is 3. The number of H-pyrrole nitrogens is 1. The number of aromatic hydroxyl groups is 1. The Morgan fingerprint density at radius 3 is 2.56 bits per heavy atom. The minimum atomic E-state index is -0.350. The first kappa shape index (κ1) is 18.8. The molecular formula is C21H23N3O3. The van der Waals surface area contributed by atoms with Crippen LogP contribution in [0.15, 0.2) is 47.4 Å². The van der Waals surface area contributed by atoms with Crippen LogP contribution in [-0.4, -0.2) is 26.2 Å². The van der Waals surface area contributed by atoms with Gasteiger partial charge < -0.3 is 14.8 Å². The molecule has 1 aromatic carbocycles. The second-order valence-corrected chi connectivity index (χ2v) is 6.68. The van der Waals surface area contributed by atoms with E-state index in [1.54, 1.807) is 6.20 Å². The van der Waals surface area contributed by atoms with E-state index in [4.69, 9.17) is 4.74 Å². The first-order valence-corrected chi connectivity index (χ1v) is 8.87. The van der Waals surface area contributed by atoms with Crippen molar-refractivity contribution in [2.24, 2.45) is 0 Å². The fourth-order valence-corrected chi connectivity index (χ4v) is 2.80. The molecule has 0 unspecified atom stereocenters. The Morgan fingerprint density at radius 1 is 1.19 bits per heavy atom. The highest BCUT2D eigenvalue weighted by Crippen LogP contribution is 2.23. The Bertz CT molecular complexity index is 979. The standard InChI is InChI=1S/C21H23N3O3/c1-13(2)27-12-19-23-20(25)18(21(26)24-19)11-15-6-8-16(9-7-15)17-5-4-10-22-14(17)3/h4-10,13H,11-12H2,1-3H3,(H2,23,24,25,26). The molecule has 0 bridgehead atoms. The molecule has 3 rings (SSSR count). The molecule has 3 aromatic rings. The van der Waals surface area contributed by atoms with Crippen molar-refractivity contribution in [3.8, 4) is 17.0 Å². The van der Waals surface area contributed by atoms with E-state index in [1.807, 2.05) is 57.2 Å². The van der Waals surface area contributed by atoms with Crippen molar-refractivity contribution >= 4 is 0 Å². The summed E-state index contributed by atoms with van der Waals surface area (Å²) in [4.78, 5) is 23.4. The van der Waals surface area contributed by atoms with Gasteiger partial charge in [-0.3, -0.25) is 9.78 Å². The lowest BCUT2D eigenvalue weighted by Gasteiger charge is -2.09. The fraction of sp³-hybridized carbons (Fsp3) is 0.286. The second kappa shape index (κ2) is 8.14. The van der Waals surface area contributed by atoms with E-state index >= 15 is 0 Å². The van der Waals surface area contributed by atoms with Gasteiger partial charge in [0.1, 0.15) is 12.4 Å². The van der Waals surface area contributed by atoms with Crippen molar-refractivity contribution in [2.45, 2.75) is 39.9 Å².